The van der Waals surface area contributed by atoms with Gasteiger partial charge in [-0.15, -0.1) is 0 Å². The van der Waals surface area contributed by atoms with Gasteiger partial charge in [0.15, 0.2) is 0 Å². The van der Waals surface area contributed by atoms with E-state index in [1.807, 2.05) is 0 Å². The van der Waals surface area contributed by atoms with Crippen molar-refractivity contribution in [1.29, 1.82) is 0 Å². The maximum Gasteiger partial charge on any atom is 0.410 e. The van der Waals surface area contributed by atoms with Crippen LogP contribution in [0.15, 0.2) is 16.6 Å². The molecule has 1 aliphatic heterocycles. The van der Waals surface area contributed by atoms with Gasteiger partial charge in [-0.25, -0.2) is 9.18 Å². The molecule has 138 valence electrons. The molecule has 1 unspecified atom stereocenters. The number of carbonyl (C=O) groups excluding carboxylic acids is 2. The number of piperidine rings is 1. The smallest absolute Gasteiger partial charge is 0.410 e. The Balaban J connectivity index is 2.02. The quantitative estimate of drug-likeness (QED) is 0.702. The summed E-state index contributed by atoms with van der Waals surface area (Å²) in [6, 6.07) is 2.17. The van der Waals surface area contributed by atoms with E-state index in [2.05, 4.69) is 21.2 Å². The molecule has 0 aromatic heterocycles. The Hall–Kier alpha value is -1.34. The van der Waals surface area contributed by atoms with E-state index in [4.69, 9.17) is 16.3 Å². The lowest BCUT2D eigenvalue weighted by molar-refractivity contribution is 0.0185. The zero-order chi connectivity index (χ0) is 18.8. The summed E-state index contributed by atoms with van der Waals surface area (Å²) in [6.45, 7) is 6.29. The first-order valence-electron chi connectivity index (χ1n) is 8.00. The number of halogens is 3. The number of benzene rings is 1. The molecular weight excluding hydrogens is 415 g/mol. The molecule has 1 heterocycles. The standard InChI is InChI=1S/C17H21BrClFN2O3/c1-17(2,3)25-16(24)22-6-4-5-10(9-22)21-15(23)11-7-13(19)12(18)8-14(11)20/h7-8,10H,4-6,9H2,1-3H3,(H,21,23). The molecule has 0 bridgehead atoms. The predicted molar refractivity (Wildman–Crippen MR) is 97.4 cm³/mol. The first-order valence-corrected chi connectivity index (χ1v) is 9.17. The molecule has 1 aliphatic rings. The van der Waals surface area contributed by atoms with Crippen LogP contribution >= 0.6 is 27.5 Å². The minimum absolute atomic E-state index is 0.123. The van der Waals surface area contributed by atoms with Crippen molar-refractivity contribution in [3.8, 4) is 0 Å². The Labute approximate surface area is 160 Å². The topological polar surface area (TPSA) is 58.6 Å². The molecule has 0 radical (unpaired) electrons. The molecule has 2 amide bonds. The van der Waals surface area contributed by atoms with Crippen LogP contribution in [0.4, 0.5) is 9.18 Å². The van der Waals surface area contributed by atoms with Crippen molar-refractivity contribution in [2.45, 2.75) is 45.3 Å². The fourth-order valence-corrected chi connectivity index (χ4v) is 3.03. The van der Waals surface area contributed by atoms with Gasteiger partial charge in [-0.3, -0.25) is 4.79 Å². The van der Waals surface area contributed by atoms with E-state index in [-0.39, 0.29) is 16.6 Å². The first-order chi connectivity index (χ1) is 11.6. The largest absolute Gasteiger partial charge is 0.444 e. The van der Waals surface area contributed by atoms with Gasteiger partial charge in [0.05, 0.1) is 10.6 Å². The SMILES string of the molecule is CC(C)(C)OC(=O)N1CCCC(NC(=O)c2cc(Cl)c(Br)cc2F)C1. The highest BCUT2D eigenvalue weighted by atomic mass is 79.9. The summed E-state index contributed by atoms with van der Waals surface area (Å²) in [6.07, 6.45) is 1.02. The highest BCUT2D eigenvalue weighted by molar-refractivity contribution is 9.10. The first kappa shape index (κ1) is 20.0. The van der Waals surface area contributed by atoms with Crippen LogP contribution in [0.2, 0.25) is 5.02 Å². The van der Waals surface area contributed by atoms with Crippen LogP contribution < -0.4 is 5.32 Å². The number of rotatable bonds is 2. The highest BCUT2D eigenvalue weighted by Crippen LogP contribution is 2.26. The molecule has 0 aliphatic carbocycles. The zero-order valence-corrected chi connectivity index (χ0v) is 16.7. The monoisotopic (exact) mass is 434 g/mol. The van der Waals surface area contributed by atoms with E-state index < -0.39 is 23.4 Å². The fourth-order valence-electron chi connectivity index (χ4n) is 2.55. The van der Waals surface area contributed by atoms with Crippen molar-refractivity contribution in [2.75, 3.05) is 13.1 Å². The van der Waals surface area contributed by atoms with E-state index >= 15 is 0 Å². The van der Waals surface area contributed by atoms with Crippen molar-refractivity contribution in [3.63, 3.8) is 0 Å². The van der Waals surface area contributed by atoms with E-state index in [1.165, 1.54) is 6.07 Å². The number of nitrogens with zero attached hydrogens (tertiary/aromatic N) is 1. The van der Waals surface area contributed by atoms with Crippen LogP contribution in [0.3, 0.4) is 0 Å². The Bertz CT molecular complexity index is 679. The Morgan fingerprint density at radius 1 is 1.40 bits per heavy atom. The molecule has 1 atom stereocenters. The molecule has 0 saturated carbocycles. The molecule has 1 aromatic rings. The summed E-state index contributed by atoms with van der Waals surface area (Å²) in [4.78, 5) is 26.1. The van der Waals surface area contributed by atoms with Gasteiger partial charge in [-0.2, -0.15) is 0 Å². The van der Waals surface area contributed by atoms with E-state index in [1.54, 1.807) is 25.7 Å². The Morgan fingerprint density at radius 2 is 2.08 bits per heavy atom. The highest BCUT2D eigenvalue weighted by Gasteiger charge is 2.29. The van der Waals surface area contributed by atoms with Crippen LogP contribution in [0.1, 0.15) is 44.0 Å². The fraction of sp³-hybridized carbons (Fsp3) is 0.529. The zero-order valence-electron chi connectivity index (χ0n) is 14.4. The maximum atomic E-state index is 14.0. The van der Waals surface area contributed by atoms with Crippen LogP contribution in [-0.2, 0) is 4.74 Å². The number of nitrogens with one attached hydrogen (secondary N) is 1. The van der Waals surface area contributed by atoms with E-state index in [0.29, 0.717) is 24.0 Å². The summed E-state index contributed by atoms with van der Waals surface area (Å²) in [7, 11) is 0. The lowest BCUT2D eigenvalue weighted by Gasteiger charge is -2.34. The second-order valence-electron chi connectivity index (χ2n) is 6.99. The number of carbonyl (C=O) groups is 2. The third kappa shape index (κ3) is 5.57. The number of hydrogen-bond acceptors (Lipinski definition) is 3. The molecule has 0 spiro atoms. The predicted octanol–water partition coefficient (Wildman–Crippen LogP) is 4.37. The van der Waals surface area contributed by atoms with Crippen LogP contribution in [-0.4, -0.2) is 41.6 Å². The molecule has 25 heavy (non-hydrogen) atoms. The van der Waals surface area contributed by atoms with Crippen LogP contribution in [0, 0.1) is 5.82 Å². The van der Waals surface area contributed by atoms with Crippen molar-refractivity contribution in [1.82, 2.24) is 10.2 Å². The molecule has 1 saturated heterocycles. The van der Waals surface area contributed by atoms with Crippen molar-refractivity contribution in [3.05, 3.63) is 33.0 Å². The lowest BCUT2D eigenvalue weighted by Crippen LogP contribution is -2.50. The normalized spacial score (nSPS) is 18.0. The van der Waals surface area contributed by atoms with Gasteiger partial charge in [0.2, 0.25) is 0 Å². The Kier molecular flexibility index (Phi) is 6.32. The van der Waals surface area contributed by atoms with E-state index in [9.17, 15) is 14.0 Å². The van der Waals surface area contributed by atoms with Gasteiger partial charge >= 0.3 is 6.09 Å². The average Bonchev–Trinajstić information content (AvgIpc) is 2.49. The maximum absolute atomic E-state index is 14.0. The minimum Gasteiger partial charge on any atom is -0.444 e. The molecule has 2 rings (SSSR count). The van der Waals surface area contributed by atoms with E-state index in [0.717, 1.165) is 12.5 Å². The molecular formula is C17H21BrClFN2O3. The summed E-state index contributed by atoms with van der Waals surface area (Å²) >= 11 is 9.05. The van der Waals surface area contributed by atoms with Crippen molar-refractivity contribution >= 4 is 39.5 Å². The van der Waals surface area contributed by atoms with Crippen LogP contribution in [0.25, 0.3) is 0 Å². The van der Waals surface area contributed by atoms with Crippen LogP contribution in [0.5, 0.6) is 0 Å². The third-order valence-corrected chi connectivity index (χ3v) is 4.86. The van der Waals surface area contributed by atoms with Gasteiger partial charge in [-0.1, -0.05) is 11.6 Å². The summed E-state index contributed by atoms with van der Waals surface area (Å²) < 4.78 is 19.7. The third-order valence-electron chi connectivity index (χ3n) is 3.66. The lowest BCUT2D eigenvalue weighted by atomic mass is 10.1. The second kappa shape index (κ2) is 7.91. The van der Waals surface area contributed by atoms with Crippen molar-refractivity contribution < 1.29 is 18.7 Å². The van der Waals surface area contributed by atoms with Gasteiger partial charge in [-0.05, 0) is 61.7 Å². The molecule has 8 heteroatoms. The summed E-state index contributed by atoms with van der Waals surface area (Å²) in [5, 5.41) is 3.02. The molecule has 1 fully saturated rings. The Morgan fingerprint density at radius 3 is 2.72 bits per heavy atom. The average molecular weight is 436 g/mol. The van der Waals surface area contributed by atoms with Gasteiger partial charge in [0.25, 0.3) is 5.91 Å². The molecule has 1 N–H and O–H groups in total. The molecule has 1 aromatic carbocycles. The van der Waals surface area contributed by atoms with Gasteiger partial charge in [0.1, 0.15) is 11.4 Å². The molecule has 5 nitrogen and oxygen atoms in total. The van der Waals surface area contributed by atoms with Gasteiger partial charge < -0.3 is 15.0 Å². The van der Waals surface area contributed by atoms with Gasteiger partial charge in [0, 0.05) is 23.6 Å². The summed E-state index contributed by atoms with van der Waals surface area (Å²) in [5.74, 6) is -1.21. The number of likely N-dealkylation sites (tertiary alicyclic amines) is 1. The second-order valence-corrected chi connectivity index (χ2v) is 8.25. The summed E-state index contributed by atoms with van der Waals surface area (Å²) in [5.41, 5.74) is -0.701. The number of amides is 2. The van der Waals surface area contributed by atoms with Crippen molar-refractivity contribution in [2.24, 2.45) is 0 Å². The number of hydrogen-bond donors (Lipinski definition) is 1. The minimum atomic E-state index is -0.659. The number of ether oxygens (including phenoxy) is 1.